The molecule has 1 aliphatic carbocycles. The SMILES string of the molecule is COc1ccc(-c2nnc(SCC(=O)N(C)C3CC3)n2-c2cccc(C(F)(F)F)c2)cc1. The van der Waals surface area contributed by atoms with Crippen LogP contribution in [0.2, 0.25) is 0 Å². The molecule has 1 fully saturated rings. The van der Waals surface area contributed by atoms with E-state index in [0.717, 1.165) is 36.7 Å². The smallest absolute Gasteiger partial charge is 0.416 e. The number of nitrogens with zero attached hydrogens (tertiary/aromatic N) is 4. The minimum atomic E-state index is -4.49. The van der Waals surface area contributed by atoms with Gasteiger partial charge in [0.05, 0.1) is 24.1 Å². The second-order valence-corrected chi connectivity index (χ2v) is 8.39. The average Bonchev–Trinajstić information content (AvgIpc) is 3.55. The largest absolute Gasteiger partial charge is 0.497 e. The van der Waals surface area contributed by atoms with Crippen molar-refractivity contribution in [2.75, 3.05) is 19.9 Å². The summed E-state index contributed by atoms with van der Waals surface area (Å²) in [6.45, 7) is 0. The van der Waals surface area contributed by atoms with Crippen LogP contribution in [-0.4, -0.2) is 51.5 Å². The van der Waals surface area contributed by atoms with E-state index < -0.39 is 11.7 Å². The molecule has 2 aromatic carbocycles. The molecule has 1 aliphatic rings. The zero-order chi connectivity index (χ0) is 22.9. The first-order valence-corrected chi connectivity index (χ1v) is 10.9. The summed E-state index contributed by atoms with van der Waals surface area (Å²) in [5, 5.41) is 8.75. The number of rotatable bonds is 7. The zero-order valence-corrected chi connectivity index (χ0v) is 18.3. The lowest BCUT2D eigenvalue weighted by Gasteiger charge is -2.16. The van der Waals surface area contributed by atoms with Crippen LogP contribution in [0.5, 0.6) is 5.75 Å². The average molecular weight is 462 g/mol. The maximum atomic E-state index is 13.3. The minimum Gasteiger partial charge on any atom is -0.497 e. The molecule has 0 spiro atoms. The molecule has 1 amide bonds. The molecule has 3 aromatic rings. The van der Waals surface area contributed by atoms with Crippen molar-refractivity contribution in [3.8, 4) is 22.8 Å². The van der Waals surface area contributed by atoms with Crippen LogP contribution in [0, 0.1) is 0 Å². The number of hydrogen-bond acceptors (Lipinski definition) is 5. The van der Waals surface area contributed by atoms with Crippen molar-refractivity contribution >= 4 is 17.7 Å². The number of aromatic nitrogens is 3. The number of alkyl halides is 3. The van der Waals surface area contributed by atoms with Crippen LogP contribution in [0.25, 0.3) is 17.1 Å². The molecule has 1 aromatic heterocycles. The van der Waals surface area contributed by atoms with Gasteiger partial charge < -0.3 is 9.64 Å². The molecule has 0 unspecified atom stereocenters. The van der Waals surface area contributed by atoms with Crippen molar-refractivity contribution in [3.63, 3.8) is 0 Å². The third-order valence-electron chi connectivity index (χ3n) is 5.23. The Kier molecular flexibility index (Phi) is 6.14. The molecule has 32 heavy (non-hydrogen) atoms. The molecule has 168 valence electrons. The van der Waals surface area contributed by atoms with E-state index in [1.54, 1.807) is 54.0 Å². The molecule has 0 atom stereocenters. The van der Waals surface area contributed by atoms with Gasteiger partial charge in [-0.25, -0.2) is 0 Å². The van der Waals surface area contributed by atoms with Gasteiger partial charge in [0.15, 0.2) is 11.0 Å². The normalized spacial score (nSPS) is 13.8. The molecule has 1 heterocycles. The molecule has 1 saturated carbocycles. The van der Waals surface area contributed by atoms with E-state index in [1.165, 1.54) is 6.07 Å². The molecule has 6 nitrogen and oxygen atoms in total. The maximum Gasteiger partial charge on any atom is 0.416 e. The fourth-order valence-corrected chi connectivity index (χ4v) is 4.11. The highest BCUT2D eigenvalue weighted by Gasteiger charge is 2.32. The molecular weight excluding hydrogens is 441 g/mol. The predicted molar refractivity (Wildman–Crippen MR) is 115 cm³/mol. The topological polar surface area (TPSA) is 60.3 Å². The first-order valence-electron chi connectivity index (χ1n) is 9.94. The highest BCUT2D eigenvalue weighted by molar-refractivity contribution is 7.99. The summed E-state index contributed by atoms with van der Waals surface area (Å²) in [5.41, 5.74) is 0.148. The van der Waals surface area contributed by atoms with Crippen LogP contribution < -0.4 is 4.74 Å². The fraction of sp³-hybridized carbons (Fsp3) is 0.318. The third-order valence-corrected chi connectivity index (χ3v) is 6.14. The van der Waals surface area contributed by atoms with E-state index in [-0.39, 0.29) is 23.4 Å². The van der Waals surface area contributed by atoms with Gasteiger partial charge in [-0.3, -0.25) is 9.36 Å². The Morgan fingerprint density at radius 1 is 1.19 bits per heavy atom. The monoisotopic (exact) mass is 462 g/mol. The van der Waals surface area contributed by atoms with E-state index in [0.29, 0.717) is 22.3 Å². The summed E-state index contributed by atoms with van der Waals surface area (Å²) in [7, 11) is 3.31. The number of carbonyl (C=O) groups is 1. The van der Waals surface area contributed by atoms with Crippen molar-refractivity contribution in [2.24, 2.45) is 0 Å². The molecule has 0 radical (unpaired) electrons. The highest BCUT2D eigenvalue weighted by Crippen LogP contribution is 2.34. The van der Waals surface area contributed by atoms with Gasteiger partial charge >= 0.3 is 6.18 Å². The number of thioether (sulfide) groups is 1. The Labute approximate surface area is 187 Å². The van der Waals surface area contributed by atoms with Crippen molar-refractivity contribution < 1.29 is 22.7 Å². The molecule has 4 rings (SSSR count). The first-order chi connectivity index (χ1) is 15.3. The number of halogens is 3. The fourth-order valence-electron chi connectivity index (χ4n) is 3.24. The van der Waals surface area contributed by atoms with Crippen molar-refractivity contribution in [1.29, 1.82) is 0 Å². The first kappa shape index (κ1) is 22.2. The third kappa shape index (κ3) is 4.74. The van der Waals surface area contributed by atoms with Crippen LogP contribution in [0.1, 0.15) is 18.4 Å². The van der Waals surface area contributed by atoms with Gasteiger partial charge in [0.25, 0.3) is 0 Å². The summed E-state index contributed by atoms with van der Waals surface area (Å²) in [4.78, 5) is 14.2. The summed E-state index contributed by atoms with van der Waals surface area (Å²) < 4.78 is 46.7. The Morgan fingerprint density at radius 2 is 1.91 bits per heavy atom. The predicted octanol–water partition coefficient (Wildman–Crippen LogP) is 4.67. The van der Waals surface area contributed by atoms with Gasteiger partial charge in [-0.2, -0.15) is 13.2 Å². The minimum absolute atomic E-state index is 0.0536. The van der Waals surface area contributed by atoms with E-state index in [4.69, 9.17) is 4.74 Å². The van der Waals surface area contributed by atoms with E-state index in [2.05, 4.69) is 10.2 Å². The summed E-state index contributed by atoms with van der Waals surface area (Å²) >= 11 is 1.15. The number of carbonyl (C=O) groups excluding carboxylic acids is 1. The van der Waals surface area contributed by atoms with Crippen LogP contribution >= 0.6 is 11.8 Å². The maximum absolute atomic E-state index is 13.3. The molecule has 10 heteroatoms. The molecular formula is C22H21F3N4O2S. The number of amides is 1. The lowest BCUT2D eigenvalue weighted by Crippen LogP contribution is -2.30. The summed E-state index contributed by atoms with van der Waals surface area (Å²) in [6, 6.07) is 12.2. The van der Waals surface area contributed by atoms with Crippen molar-refractivity contribution in [3.05, 3.63) is 54.1 Å². The lowest BCUT2D eigenvalue weighted by atomic mass is 10.1. The van der Waals surface area contributed by atoms with Gasteiger partial charge in [-0.15, -0.1) is 10.2 Å². The Morgan fingerprint density at radius 3 is 2.53 bits per heavy atom. The highest BCUT2D eigenvalue weighted by atomic mass is 32.2. The van der Waals surface area contributed by atoms with Gasteiger partial charge in [0.2, 0.25) is 5.91 Å². The van der Waals surface area contributed by atoms with Crippen LogP contribution in [-0.2, 0) is 11.0 Å². The van der Waals surface area contributed by atoms with Gasteiger partial charge in [-0.05, 0) is 55.3 Å². The molecule has 0 bridgehead atoms. The van der Waals surface area contributed by atoms with Gasteiger partial charge in [0.1, 0.15) is 5.75 Å². The van der Waals surface area contributed by atoms with Crippen LogP contribution in [0.15, 0.2) is 53.7 Å². The molecule has 0 saturated heterocycles. The van der Waals surface area contributed by atoms with Gasteiger partial charge in [0, 0.05) is 18.7 Å². The van der Waals surface area contributed by atoms with Crippen LogP contribution in [0.3, 0.4) is 0 Å². The van der Waals surface area contributed by atoms with Crippen molar-refractivity contribution in [1.82, 2.24) is 19.7 Å². The van der Waals surface area contributed by atoms with E-state index in [9.17, 15) is 18.0 Å². The van der Waals surface area contributed by atoms with Gasteiger partial charge in [-0.1, -0.05) is 17.8 Å². The number of hydrogen-bond donors (Lipinski definition) is 0. The zero-order valence-electron chi connectivity index (χ0n) is 17.5. The number of ether oxygens (including phenoxy) is 1. The summed E-state index contributed by atoms with van der Waals surface area (Å²) in [6.07, 6.45) is -2.50. The molecule has 0 aliphatic heterocycles. The van der Waals surface area contributed by atoms with E-state index in [1.807, 2.05) is 0 Å². The van der Waals surface area contributed by atoms with Crippen LogP contribution in [0.4, 0.5) is 13.2 Å². The Hall–Kier alpha value is -3.01. The Bertz CT molecular complexity index is 1110. The quantitative estimate of drug-likeness (QED) is 0.478. The Balaban J connectivity index is 1.71. The van der Waals surface area contributed by atoms with E-state index >= 15 is 0 Å². The number of methoxy groups -OCH3 is 1. The second kappa shape index (κ2) is 8.85. The van der Waals surface area contributed by atoms with Crippen molar-refractivity contribution in [2.45, 2.75) is 30.2 Å². The second-order valence-electron chi connectivity index (χ2n) is 7.44. The standard InChI is InChI=1S/C22H21F3N4O2S/c1-28(16-8-9-16)19(30)13-32-21-27-26-20(14-6-10-18(31-2)11-7-14)29(21)17-5-3-4-15(12-17)22(23,24)25/h3-7,10-12,16H,8-9,13H2,1-2H3. The lowest BCUT2D eigenvalue weighted by molar-refractivity contribution is -0.137. The summed E-state index contributed by atoms with van der Waals surface area (Å²) in [5.74, 6) is 1.08. The number of benzene rings is 2. The molecule has 0 N–H and O–H groups in total.